The van der Waals surface area contributed by atoms with Crippen LogP contribution in [0.3, 0.4) is 0 Å². The first-order valence-electron chi connectivity index (χ1n) is 9.94. The standard InChI is InChI=1S/C25H18Cl3NO4/c1-13-7-19-21(8-14(13)2)33-24(18-5-3-4-6-20(18)28)25(23(19)31)32-12-22(30)29-17-10-15(26)9-16(27)11-17/h3-11H,12H2,1-2H3,(H,29,30). The van der Waals surface area contributed by atoms with E-state index in [4.69, 9.17) is 44.0 Å². The summed E-state index contributed by atoms with van der Waals surface area (Å²) in [4.78, 5) is 25.9. The molecule has 5 nitrogen and oxygen atoms in total. The number of hydrogen-bond acceptors (Lipinski definition) is 4. The van der Waals surface area contributed by atoms with Crippen LogP contribution in [0.15, 0.2) is 63.8 Å². The zero-order chi connectivity index (χ0) is 23.7. The van der Waals surface area contributed by atoms with Crippen LogP contribution in [-0.2, 0) is 4.79 Å². The molecule has 1 heterocycles. The average Bonchev–Trinajstić information content (AvgIpc) is 2.74. The normalized spacial score (nSPS) is 10.9. The van der Waals surface area contributed by atoms with Crippen LogP contribution < -0.4 is 15.5 Å². The Morgan fingerprint density at radius 1 is 0.970 bits per heavy atom. The Morgan fingerprint density at radius 3 is 2.33 bits per heavy atom. The quantitative estimate of drug-likeness (QED) is 0.317. The summed E-state index contributed by atoms with van der Waals surface area (Å²) in [5.74, 6) is -0.448. The summed E-state index contributed by atoms with van der Waals surface area (Å²) in [5, 5.41) is 4.13. The molecule has 0 radical (unpaired) electrons. The van der Waals surface area contributed by atoms with Crippen molar-refractivity contribution in [2.24, 2.45) is 0 Å². The molecule has 0 saturated heterocycles. The Balaban J connectivity index is 1.73. The topological polar surface area (TPSA) is 68.5 Å². The predicted octanol–water partition coefficient (Wildman–Crippen LogP) is 7.05. The van der Waals surface area contributed by atoms with Crippen molar-refractivity contribution in [2.75, 3.05) is 11.9 Å². The molecule has 33 heavy (non-hydrogen) atoms. The predicted molar refractivity (Wildman–Crippen MR) is 133 cm³/mol. The lowest BCUT2D eigenvalue weighted by Gasteiger charge is -2.13. The molecule has 1 N–H and O–H groups in total. The van der Waals surface area contributed by atoms with Gasteiger partial charge in [0.25, 0.3) is 5.91 Å². The van der Waals surface area contributed by atoms with Crippen LogP contribution in [0.5, 0.6) is 5.75 Å². The van der Waals surface area contributed by atoms with E-state index in [-0.39, 0.29) is 11.5 Å². The maximum Gasteiger partial charge on any atom is 0.262 e. The zero-order valence-electron chi connectivity index (χ0n) is 17.7. The highest BCUT2D eigenvalue weighted by molar-refractivity contribution is 6.35. The Hall–Kier alpha value is -2.99. The Bertz CT molecular complexity index is 1430. The third-order valence-corrected chi connectivity index (χ3v) is 5.84. The fraction of sp³-hybridized carbons (Fsp3) is 0.120. The van der Waals surface area contributed by atoms with E-state index < -0.39 is 17.9 Å². The number of fused-ring (bicyclic) bond motifs is 1. The Morgan fingerprint density at radius 2 is 1.64 bits per heavy atom. The molecular formula is C25H18Cl3NO4. The molecule has 1 amide bonds. The van der Waals surface area contributed by atoms with Gasteiger partial charge >= 0.3 is 0 Å². The number of aryl methyl sites for hydroxylation is 2. The fourth-order valence-corrected chi connectivity index (χ4v) is 4.10. The minimum atomic E-state index is -0.502. The number of benzene rings is 3. The zero-order valence-corrected chi connectivity index (χ0v) is 19.9. The van der Waals surface area contributed by atoms with Gasteiger partial charge in [0.15, 0.2) is 12.4 Å². The van der Waals surface area contributed by atoms with Crippen molar-refractivity contribution in [3.8, 4) is 17.1 Å². The van der Waals surface area contributed by atoms with Gasteiger partial charge in [-0.3, -0.25) is 9.59 Å². The van der Waals surface area contributed by atoms with Gasteiger partial charge in [-0.05, 0) is 67.4 Å². The summed E-state index contributed by atoms with van der Waals surface area (Å²) < 4.78 is 11.8. The van der Waals surface area contributed by atoms with Crippen molar-refractivity contribution in [1.82, 2.24) is 0 Å². The van der Waals surface area contributed by atoms with Crippen molar-refractivity contribution in [3.05, 3.63) is 91.0 Å². The summed E-state index contributed by atoms with van der Waals surface area (Å²) in [5.41, 5.74) is 2.81. The van der Waals surface area contributed by atoms with E-state index in [2.05, 4.69) is 5.32 Å². The van der Waals surface area contributed by atoms with Gasteiger partial charge in [-0.2, -0.15) is 0 Å². The number of amides is 1. The summed E-state index contributed by atoms with van der Waals surface area (Å²) >= 11 is 18.3. The van der Waals surface area contributed by atoms with Crippen LogP contribution in [-0.4, -0.2) is 12.5 Å². The molecule has 0 aliphatic heterocycles. The van der Waals surface area contributed by atoms with Crippen LogP contribution in [0.1, 0.15) is 11.1 Å². The number of nitrogens with one attached hydrogen (secondary N) is 1. The number of carbonyl (C=O) groups excluding carboxylic acids is 1. The summed E-state index contributed by atoms with van der Waals surface area (Å²) in [6.45, 7) is 3.39. The summed E-state index contributed by atoms with van der Waals surface area (Å²) in [6, 6.07) is 15.1. The molecule has 0 spiro atoms. The minimum absolute atomic E-state index is 0.0990. The SMILES string of the molecule is Cc1cc2oc(-c3ccccc3Cl)c(OCC(=O)Nc3cc(Cl)cc(Cl)c3)c(=O)c2cc1C. The summed E-state index contributed by atoms with van der Waals surface area (Å²) in [7, 11) is 0. The molecule has 3 aromatic carbocycles. The molecule has 8 heteroatoms. The van der Waals surface area contributed by atoms with Gasteiger partial charge in [-0.25, -0.2) is 0 Å². The van der Waals surface area contributed by atoms with E-state index in [9.17, 15) is 9.59 Å². The molecule has 168 valence electrons. The number of hydrogen-bond donors (Lipinski definition) is 1. The first kappa shape index (κ1) is 23.2. The fourth-order valence-electron chi connectivity index (χ4n) is 3.35. The van der Waals surface area contributed by atoms with Crippen LogP contribution in [0.2, 0.25) is 15.1 Å². The Labute approximate surface area is 204 Å². The van der Waals surface area contributed by atoms with Crippen LogP contribution >= 0.6 is 34.8 Å². The molecule has 1 aromatic heterocycles. The van der Waals surface area contributed by atoms with E-state index in [0.717, 1.165) is 11.1 Å². The molecule has 0 fully saturated rings. The first-order chi connectivity index (χ1) is 15.7. The largest absolute Gasteiger partial charge is 0.476 e. The number of halogens is 3. The molecular weight excluding hydrogens is 485 g/mol. The van der Waals surface area contributed by atoms with Crippen molar-refractivity contribution < 1.29 is 13.9 Å². The number of anilines is 1. The second kappa shape index (κ2) is 9.48. The average molecular weight is 503 g/mol. The van der Waals surface area contributed by atoms with E-state index in [1.807, 2.05) is 13.8 Å². The van der Waals surface area contributed by atoms with Crippen molar-refractivity contribution in [2.45, 2.75) is 13.8 Å². The highest BCUT2D eigenvalue weighted by Gasteiger charge is 2.21. The highest BCUT2D eigenvalue weighted by atomic mass is 35.5. The number of carbonyl (C=O) groups is 1. The molecule has 0 aliphatic carbocycles. The van der Waals surface area contributed by atoms with Gasteiger partial charge < -0.3 is 14.5 Å². The van der Waals surface area contributed by atoms with Gasteiger partial charge in [0.2, 0.25) is 11.2 Å². The van der Waals surface area contributed by atoms with Crippen LogP contribution in [0, 0.1) is 13.8 Å². The van der Waals surface area contributed by atoms with Crippen LogP contribution in [0.25, 0.3) is 22.3 Å². The molecule has 0 bridgehead atoms. The van der Waals surface area contributed by atoms with E-state index in [0.29, 0.717) is 37.3 Å². The lowest BCUT2D eigenvalue weighted by molar-refractivity contribution is -0.118. The van der Waals surface area contributed by atoms with Crippen molar-refractivity contribution >= 4 is 57.4 Å². The molecule has 4 aromatic rings. The van der Waals surface area contributed by atoms with E-state index >= 15 is 0 Å². The second-order valence-corrected chi connectivity index (χ2v) is 8.78. The lowest BCUT2D eigenvalue weighted by Crippen LogP contribution is -2.22. The number of ether oxygens (including phenoxy) is 1. The smallest absolute Gasteiger partial charge is 0.262 e. The lowest BCUT2D eigenvalue weighted by atomic mass is 10.0. The minimum Gasteiger partial charge on any atom is -0.476 e. The third-order valence-electron chi connectivity index (χ3n) is 5.08. The summed E-state index contributed by atoms with van der Waals surface area (Å²) in [6.07, 6.45) is 0. The Kier molecular flexibility index (Phi) is 6.66. The van der Waals surface area contributed by atoms with E-state index in [1.165, 1.54) is 0 Å². The van der Waals surface area contributed by atoms with Gasteiger partial charge in [0.05, 0.1) is 10.4 Å². The third kappa shape index (κ3) is 5.01. The maximum atomic E-state index is 13.4. The highest BCUT2D eigenvalue weighted by Crippen LogP contribution is 2.35. The van der Waals surface area contributed by atoms with Crippen molar-refractivity contribution in [3.63, 3.8) is 0 Å². The van der Waals surface area contributed by atoms with Gasteiger partial charge in [-0.15, -0.1) is 0 Å². The molecule has 4 rings (SSSR count). The van der Waals surface area contributed by atoms with Gasteiger partial charge in [-0.1, -0.05) is 46.9 Å². The van der Waals surface area contributed by atoms with E-state index in [1.54, 1.807) is 54.6 Å². The van der Waals surface area contributed by atoms with Crippen LogP contribution in [0.4, 0.5) is 5.69 Å². The second-order valence-electron chi connectivity index (χ2n) is 7.50. The number of rotatable bonds is 5. The van der Waals surface area contributed by atoms with Gasteiger partial charge in [0.1, 0.15) is 5.58 Å². The first-order valence-corrected chi connectivity index (χ1v) is 11.1. The molecule has 0 aliphatic rings. The molecule has 0 saturated carbocycles. The maximum absolute atomic E-state index is 13.4. The molecule has 0 atom stereocenters. The van der Waals surface area contributed by atoms with Gasteiger partial charge in [0, 0.05) is 21.3 Å². The molecule has 0 unspecified atom stereocenters. The monoisotopic (exact) mass is 501 g/mol. The van der Waals surface area contributed by atoms with Crippen molar-refractivity contribution in [1.29, 1.82) is 0 Å².